The lowest BCUT2D eigenvalue weighted by Gasteiger charge is -2.31. The zero-order chi connectivity index (χ0) is 12.9. The van der Waals surface area contributed by atoms with Gasteiger partial charge in [-0.25, -0.2) is 12.7 Å². The molecule has 0 saturated carbocycles. The molecule has 0 aromatic rings. The molecule has 4 nitrogen and oxygen atoms in total. The SMILES string of the molecule is CNCC(C)CCC1CCCN(S(C)(=O)=O)C1. The Hall–Kier alpha value is -0.130. The summed E-state index contributed by atoms with van der Waals surface area (Å²) in [7, 11) is -1.01. The van der Waals surface area contributed by atoms with E-state index < -0.39 is 10.0 Å². The van der Waals surface area contributed by atoms with E-state index in [-0.39, 0.29) is 0 Å². The van der Waals surface area contributed by atoms with E-state index in [9.17, 15) is 8.42 Å². The van der Waals surface area contributed by atoms with Gasteiger partial charge in [-0.3, -0.25) is 0 Å². The fraction of sp³-hybridized carbons (Fsp3) is 1.00. The number of hydrogen-bond donors (Lipinski definition) is 1. The summed E-state index contributed by atoms with van der Waals surface area (Å²) in [4.78, 5) is 0. The first-order chi connectivity index (χ1) is 7.93. The van der Waals surface area contributed by atoms with Crippen LogP contribution in [0.1, 0.15) is 32.6 Å². The molecular weight excluding hydrogens is 236 g/mol. The van der Waals surface area contributed by atoms with E-state index in [2.05, 4.69) is 12.2 Å². The lowest BCUT2D eigenvalue weighted by atomic mass is 9.91. The number of hydrogen-bond acceptors (Lipinski definition) is 3. The first-order valence-electron chi connectivity index (χ1n) is 6.53. The van der Waals surface area contributed by atoms with Gasteiger partial charge in [0.2, 0.25) is 10.0 Å². The largest absolute Gasteiger partial charge is 0.319 e. The normalized spacial score (nSPS) is 24.8. The highest BCUT2D eigenvalue weighted by Crippen LogP contribution is 2.24. The Labute approximate surface area is 106 Å². The van der Waals surface area contributed by atoms with Crippen LogP contribution < -0.4 is 5.32 Å². The Morgan fingerprint density at radius 3 is 2.76 bits per heavy atom. The second-order valence-electron chi connectivity index (χ2n) is 5.37. The molecule has 0 spiro atoms. The maximum atomic E-state index is 11.5. The van der Waals surface area contributed by atoms with Crippen LogP contribution in [0.25, 0.3) is 0 Å². The highest BCUT2D eigenvalue weighted by atomic mass is 32.2. The van der Waals surface area contributed by atoms with Crippen molar-refractivity contribution in [1.29, 1.82) is 0 Å². The summed E-state index contributed by atoms with van der Waals surface area (Å²) in [5.74, 6) is 1.23. The Morgan fingerprint density at radius 2 is 2.18 bits per heavy atom. The molecule has 1 aliphatic heterocycles. The van der Waals surface area contributed by atoms with Gasteiger partial charge in [-0.15, -0.1) is 0 Å². The number of piperidine rings is 1. The van der Waals surface area contributed by atoms with Crippen molar-refractivity contribution in [2.24, 2.45) is 11.8 Å². The quantitative estimate of drug-likeness (QED) is 0.785. The van der Waals surface area contributed by atoms with Crippen molar-refractivity contribution in [3.63, 3.8) is 0 Å². The summed E-state index contributed by atoms with van der Waals surface area (Å²) in [6.45, 7) is 4.72. The van der Waals surface area contributed by atoms with E-state index in [0.717, 1.165) is 25.9 Å². The smallest absolute Gasteiger partial charge is 0.211 e. The van der Waals surface area contributed by atoms with Crippen LogP contribution in [-0.4, -0.2) is 45.7 Å². The molecule has 0 bridgehead atoms. The van der Waals surface area contributed by atoms with Crippen molar-refractivity contribution in [3.8, 4) is 0 Å². The van der Waals surface area contributed by atoms with E-state index in [1.165, 1.54) is 19.1 Å². The van der Waals surface area contributed by atoms with Gasteiger partial charge in [0.25, 0.3) is 0 Å². The Bertz CT molecular complexity index is 316. The van der Waals surface area contributed by atoms with Crippen molar-refractivity contribution in [3.05, 3.63) is 0 Å². The van der Waals surface area contributed by atoms with Gasteiger partial charge < -0.3 is 5.32 Å². The third kappa shape index (κ3) is 5.36. The lowest BCUT2D eigenvalue weighted by Crippen LogP contribution is -2.39. The molecule has 1 rings (SSSR count). The Morgan fingerprint density at radius 1 is 1.47 bits per heavy atom. The average Bonchev–Trinajstić information content (AvgIpc) is 2.26. The minimum atomic E-state index is -2.99. The van der Waals surface area contributed by atoms with Gasteiger partial charge >= 0.3 is 0 Å². The van der Waals surface area contributed by atoms with Crippen LogP contribution in [-0.2, 0) is 10.0 Å². The molecule has 0 aliphatic carbocycles. The van der Waals surface area contributed by atoms with Gasteiger partial charge in [0, 0.05) is 13.1 Å². The van der Waals surface area contributed by atoms with Crippen LogP contribution in [0.4, 0.5) is 0 Å². The molecule has 1 N–H and O–H groups in total. The molecule has 1 fully saturated rings. The minimum absolute atomic E-state index is 0.554. The molecule has 0 amide bonds. The van der Waals surface area contributed by atoms with Crippen molar-refractivity contribution in [1.82, 2.24) is 9.62 Å². The predicted molar refractivity (Wildman–Crippen MR) is 71.5 cm³/mol. The summed E-state index contributed by atoms with van der Waals surface area (Å²) in [6, 6.07) is 0. The second kappa shape index (κ2) is 6.71. The van der Waals surface area contributed by atoms with Crippen LogP contribution >= 0.6 is 0 Å². The van der Waals surface area contributed by atoms with Crippen LogP contribution in [0.3, 0.4) is 0 Å². The number of sulfonamides is 1. The Kier molecular flexibility index (Phi) is 5.89. The highest BCUT2D eigenvalue weighted by molar-refractivity contribution is 7.88. The molecule has 1 heterocycles. The zero-order valence-electron chi connectivity index (χ0n) is 11.3. The zero-order valence-corrected chi connectivity index (χ0v) is 12.1. The van der Waals surface area contributed by atoms with Crippen LogP contribution in [0.15, 0.2) is 0 Å². The Balaban J connectivity index is 2.35. The van der Waals surface area contributed by atoms with E-state index in [4.69, 9.17) is 0 Å². The fourth-order valence-electron chi connectivity index (χ4n) is 2.53. The van der Waals surface area contributed by atoms with Crippen molar-refractivity contribution >= 4 is 10.0 Å². The van der Waals surface area contributed by atoms with Crippen LogP contribution in [0.2, 0.25) is 0 Å². The standard InChI is InChI=1S/C12H26N2O2S/c1-11(9-13-2)6-7-12-5-4-8-14(10-12)17(3,15)16/h11-13H,4-10H2,1-3H3. The molecule has 1 saturated heterocycles. The summed E-state index contributed by atoms with van der Waals surface area (Å²) < 4.78 is 24.6. The molecule has 102 valence electrons. The van der Waals surface area contributed by atoms with Crippen LogP contribution in [0, 0.1) is 11.8 Å². The number of nitrogens with zero attached hydrogens (tertiary/aromatic N) is 1. The molecular formula is C12H26N2O2S. The van der Waals surface area contributed by atoms with Gasteiger partial charge in [-0.2, -0.15) is 0 Å². The molecule has 0 radical (unpaired) electrons. The average molecular weight is 262 g/mol. The fourth-order valence-corrected chi connectivity index (χ4v) is 3.48. The summed E-state index contributed by atoms with van der Waals surface area (Å²) in [5, 5.41) is 3.18. The molecule has 1 aliphatic rings. The van der Waals surface area contributed by atoms with Crippen LogP contribution in [0.5, 0.6) is 0 Å². The molecule has 2 atom stereocenters. The second-order valence-corrected chi connectivity index (χ2v) is 7.35. The monoisotopic (exact) mass is 262 g/mol. The van der Waals surface area contributed by atoms with E-state index in [1.54, 1.807) is 4.31 Å². The van der Waals surface area contributed by atoms with E-state index in [0.29, 0.717) is 18.4 Å². The molecule has 2 unspecified atom stereocenters. The minimum Gasteiger partial charge on any atom is -0.319 e. The van der Waals surface area contributed by atoms with Gasteiger partial charge in [0.15, 0.2) is 0 Å². The first kappa shape index (κ1) is 14.9. The van der Waals surface area contributed by atoms with E-state index >= 15 is 0 Å². The molecule has 5 heteroatoms. The maximum Gasteiger partial charge on any atom is 0.211 e. The summed E-state index contributed by atoms with van der Waals surface area (Å²) in [5.41, 5.74) is 0. The van der Waals surface area contributed by atoms with Crippen molar-refractivity contribution in [2.75, 3.05) is 32.9 Å². The van der Waals surface area contributed by atoms with Gasteiger partial charge in [0.05, 0.1) is 6.26 Å². The third-order valence-corrected chi connectivity index (χ3v) is 4.84. The highest BCUT2D eigenvalue weighted by Gasteiger charge is 2.25. The van der Waals surface area contributed by atoms with E-state index in [1.807, 2.05) is 7.05 Å². The lowest BCUT2D eigenvalue weighted by molar-refractivity contribution is 0.245. The van der Waals surface area contributed by atoms with Gasteiger partial charge in [-0.1, -0.05) is 6.92 Å². The van der Waals surface area contributed by atoms with Gasteiger partial charge in [0.1, 0.15) is 0 Å². The van der Waals surface area contributed by atoms with Crippen molar-refractivity contribution < 1.29 is 8.42 Å². The topological polar surface area (TPSA) is 49.4 Å². The molecule has 0 aromatic heterocycles. The molecule has 17 heavy (non-hydrogen) atoms. The third-order valence-electron chi connectivity index (χ3n) is 3.57. The maximum absolute atomic E-state index is 11.5. The number of rotatable bonds is 6. The predicted octanol–water partition coefficient (Wildman–Crippen LogP) is 1.29. The first-order valence-corrected chi connectivity index (χ1v) is 8.38. The van der Waals surface area contributed by atoms with Gasteiger partial charge in [-0.05, 0) is 51.1 Å². The van der Waals surface area contributed by atoms with Crippen molar-refractivity contribution in [2.45, 2.75) is 32.6 Å². The number of nitrogens with one attached hydrogen (secondary N) is 1. The summed E-state index contributed by atoms with van der Waals surface area (Å²) >= 11 is 0. The molecule has 0 aromatic carbocycles. The summed E-state index contributed by atoms with van der Waals surface area (Å²) in [6.07, 6.45) is 5.84.